The van der Waals surface area contributed by atoms with Crippen LogP contribution < -0.4 is 21.3 Å². The van der Waals surface area contributed by atoms with E-state index < -0.39 is 17.2 Å². The fourth-order valence-electron chi connectivity index (χ4n) is 3.02. The quantitative estimate of drug-likeness (QED) is 0.533. The van der Waals surface area contributed by atoms with E-state index >= 15 is 0 Å². The van der Waals surface area contributed by atoms with Crippen LogP contribution in [0.2, 0.25) is 0 Å². The number of aryl methyl sites for hydroxylation is 1. The highest BCUT2D eigenvalue weighted by atomic mass is 16.5. The molecule has 0 aliphatic rings. The number of pyridine rings is 1. The van der Waals surface area contributed by atoms with Crippen molar-refractivity contribution < 1.29 is 9.53 Å². The van der Waals surface area contributed by atoms with Crippen LogP contribution in [0.15, 0.2) is 76.4 Å². The molecular formula is C22H18N4O4. The molecular weight excluding hydrogens is 384 g/mol. The molecule has 0 aliphatic heterocycles. The van der Waals surface area contributed by atoms with Crippen molar-refractivity contribution >= 4 is 22.6 Å². The van der Waals surface area contributed by atoms with E-state index in [4.69, 9.17) is 4.74 Å². The van der Waals surface area contributed by atoms with Gasteiger partial charge in [-0.2, -0.15) is 0 Å². The number of anilines is 1. The fraction of sp³-hybridized carbons (Fsp3) is 0.0909. The van der Waals surface area contributed by atoms with Crippen molar-refractivity contribution in [2.45, 2.75) is 13.5 Å². The number of H-pyrrole nitrogens is 1. The summed E-state index contributed by atoms with van der Waals surface area (Å²) in [6, 6.07) is 17.7. The highest BCUT2D eigenvalue weighted by Gasteiger charge is 2.13. The Kier molecular flexibility index (Phi) is 5.13. The normalized spacial score (nSPS) is 10.7. The summed E-state index contributed by atoms with van der Waals surface area (Å²) >= 11 is 0. The maximum Gasteiger partial charge on any atom is 0.329 e. The van der Waals surface area contributed by atoms with Crippen molar-refractivity contribution in [1.29, 1.82) is 0 Å². The molecule has 4 rings (SSSR count). The number of rotatable bonds is 5. The van der Waals surface area contributed by atoms with Gasteiger partial charge in [0.25, 0.3) is 11.5 Å². The van der Waals surface area contributed by atoms with Gasteiger partial charge in [-0.15, -0.1) is 0 Å². The summed E-state index contributed by atoms with van der Waals surface area (Å²) in [5, 5.41) is 2.93. The van der Waals surface area contributed by atoms with Crippen LogP contribution in [0.3, 0.4) is 0 Å². The van der Waals surface area contributed by atoms with Crippen LogP contribution in [0.5, 0.6) is 11.5 Å². The first-order valence-electron chi connectivity index (χ1n) is 9.32. The topological polar surface area (TPSA) is 106 Å². The SMILES string of the molecule is CCn1c(=O)[nH]c(=O)c2cc(C(=O)Nc3ccc(Oc4ccccc4)cc3)cnc21. The highest BCUT2D eigenvalue weighted by molar-refractivity contribution is 6.05. The lowest BCUT2D eigenvalue weighted by Crippen LogP contribution is -2.30. The van der Waals surface area contributed by atoms with E-state index in [1.807, 2.05) is 30.3 Å². The maximum atomic E-state index is 12.6. The van der Waals surface area contributed by atoms with Crippen LogP contribution in [0, 0.1) is 0 Å². The van der Waals surface area contributed by atoms with Gasteiger partial charge in [0.1, 0.15) is 17.1 Å². The Labute approximate surface area is 170 Å². The molecule has 0 unspecified atom stereocenters. The molecule has 2 aromatic heterocycles. The fourth-order valence-corrected chi connectivity index (χ4v) is 3.02. The van der Waals surface area contributed by atoms with Gasteiger partial charge in [-0.3, -0.25) is 19.1 Å². The van der Waals surface area contributed by atoms with E-state index in [1.165, 1.54) is 16.8 Å². The van der Waals surface area contributed by atoms with E-state index in [2.05, 4.69) is 15.3 Å². The molecule has 0 spiro atoms. The maximum absolute atomic E-state index is 12.6. The molecule has 2 aromatic carbocycles. The molecule has 2 heterocycles. The molecule has 8 nitrogen and oxygen atoms in total. The van der Waals surface area contributed by atoms with Crippen molar-refractivity contribution in [3.63, 3.8) is 0 Å². The van der Waals surface area contributed by atoms with Gasteiger partial charge in [-0.05, 0) is 49.4 Å². The molecule has 0 saturated carbocycles. The molecule has 0 saturated heterocycles. The van der Waals surface area contributed by atoms with Crippen LogP contribution in [-0.2, 0) is 6.54 Å². The first-order valence-corrected chi connectivity index (χ1v) is 9.32. The number of hydrogen-bond donors (Lipinski definition) is 2. The number of para-hydroxylation sites is 1. The Morgan fingerprint density at radius 2 is 1.77 bits per heavy atom. The van der Waals surface area contributed by atoms with E-state index in [9.17, 15) is 14.4 Å². The summed E-state index contributed by atoms with van der Waals surface area (Å²) in [5.74, 6) is 0.928. The van der Waals surface area contributed by atoms with Gasteiger partial charge in [-0.1, -0.05) is 18.2 Å². The summed E-state index contributed by atoms with van der Waals surface area (Å²) < 4.78 is 7.06. The monoisotopic (exact) mass is 402 g/mol. The van der Waals surface area contributed by atoms with Crippen LogP contribution in [0.4, 0.5) is 5.69 Å². The zero-order valence-electron chi connectivity index (χ0n) is 16.1. The number of carbonyl (C=O) groups is 1. The number of nitrogens with one attached hydrogen (secondary N) is 2. The molecule has 8 heteroatoms. The molecule has 0 radical (unpaired) electrons. The number of amides is 1. The van der Waals surface area contributed by atoms with Gasteiger partial charge in [0.05, 0.1) is 10.9 Å². The Morgan fingerprint density at radius 3 is 2.47 bits per heavy atom. The van der Waals surface area contributed by atoms with E-state index in [-0.39, 0.29) is 16.6 Å². The third-order valence-electron chi connectivity index (χ3n) is 4.50. The largest absolute Gasteiger partial charge is 0.457 e. The number of ether oxygens (including phenoxy) is 1. The molecule has 0 fully saturated rings. The Bertz CT molecular complexity index is 1330. The van der Waals surface area contributed by atoms with Crippen LogP contribution >= 0.6 is 0 Å². The lowest BCUT2D eigenvalue weighted by molar-refractivity contribution is 0.102. The van der Waals surface area contributed by atoms with Gasteiger partial charge >= 0.3 is 5.69 Å². The van der Waals surface area contributed by atoms with Crippen molar-refractivity contribution in [3.8, 4) is 11.5 Å². The number of fused-ring (bicyclic) bond motifs is 1. The number of carbonyl (C=O) groups excluding carboxylic acids is 1. The Balaban J connectivity index is 1.54. The standard InChI is InChI=1S/C22H18N4O4/c1-2-26-19-18(21(28)25-22(26)29)12-14(13-23-19)20(27)24-15-8-10-17(11-9-15)30-16-6-4-3-5-7-16/h3-13H,2H2,1H3,(H,24,27)(H,25,28,29). The third kappa shape index (κ3) is 3.83. The summed E-state index contributed by atoms with van der Waals surface area (Å²) in [6.45, 7) is 2.12. The molecule has 150 valence electrons. The zero-order chi connectivity index (χ0) is 21.1. The van der Waals surface area contributed by atoms with Gasteiger partial charge in [0.15, 0.2) is 0 Å². The van der Waals surface area contributed by atoms with Gasteiger partial charge < -0.3 is 10.1 Å². The summed E-state index contributed by atoms with van der Waals surface area (Å²) in [6.07, 6.45) is 1.34. The van der Waals surface area contributed by atoms with E-state index in [1.54, 1.807) is 31.2 Å². The summed E-state index contributed by atoms with van der Waals surface area (Å²) in [4.78, 5) is 43.0. The minimum absolute atomic E-state index is 0.177. The molecule has 2 N–H and O–H groups in total. The predicted octanol–water partition coefficient (Wildman–Crippen LogP) is 3.15. The number of benzene rings is 2. The van der Waals surface area contributed by atoms with E-state index in [0.717, 1.165) is 0 Å². The lowest BCUT2D eigenvalue weighted by Gasteiger charge is -2.09. The average molecular weight is 402 g/mol. The van der Waals surface area contributed by atoms with Gasteiger partial charge in [0, 0.05) is 18.4 Å². The van der Waals surface area contributed by atoms with Crippen molar-refractivity contribution in [3.05, 3.63) is 93.3 Å². The molecule has 30 heavy (non-hydrogen) atoms. The Morgan fingerprint density at radius 1 is 1.07 bits per heavy atom. The van der Waals surface area contributed by atoms with Crippen LogP contribution in [0.1, 0.15) is 17.3 Å². The number of aromatic amines is 1. The second kappa shape index (κ2) is 8.04. The second-order valence-corrected chi connectivity index (χ2v) is 6.49. The third-order valence-corrected chi connectivity index (χ3v) is 4.50. The number of nitrogens with zero attached hydrogens (tertiary/aromatic N) is 2. The first kappa shape index (κ1) is 19.1. The number of hydrogen-bond acceptors (Lipinski definition) is 5. The van der Waals surface area contributed by atoms with Gasteiger partial charge in [0.2, 0.25) is 0 Å². The zero-order valence-corrected chi connectivity index (χ0v) is 16.1. The van der Waals surface area contributed by atoms with Crippen LogP contribution in [-0.4, -0.2) is 20.4 Å². The average Bonchev–Trinajstić information content (AvgIpc) is 2.76. The van der Waals surface area contributed by atoms with E-state index in [0.29, 0.717) is 23.7 Å². The van der Waals surface area contributed by atoms with Gasteiger partial charge in [-0.25, -0.2) is 9.78 Å². The number of aromatic nitrogens is 3. The summed E-state index contributed by atoms with van der Waals surface area (Å²) in [5.41, 5.74) is -0.0983. The molecule has 0 aliphatic carbocycles. The van der Waals surface area contributed by atoms with Crippen molar-refractivity contribution in [2.24, 2.45) is 0 Å². The molecule has 0 bridgehead atoms. The summed E-state index contributed by atoms with van der Waals surface area (Å²) in [7, 11) is 0. The predicted molar refractivity (Wildman–Crippen MR) is 113 cm³/mol. The lowest BCUT2D eigenvalue weighted by atomic mass is 10.2. The second-order valence-electron chi connectivity index (χ2n) is 6.49. The molecule has 1 amide bonds. The molecule has 0 atom stereocenters. The van der Waals surface area contributed by atoms with Crippen molar-refractivity contribution in [1.82, 2.24) is 14.5 Å². The Hall–Kier alpha value is -4.20. The minimum Gasteiger partial charge on any atom is -0.457 e. The highest BCUT2D eigenvalue weighted by Crippen LogP contribution is 2.23. The minimum atomic E-state index is -0.579. The smallest absolute Gasteiger partial charge is 0.329 e. The molecule has 4 aromatic rings. The van der Waals surface area contributed by atoms with Crippen LogP contribution in [0.25, 0.3) is 11.0 Å². The first-order chi connectivity index (χ1) is 14.5. The van der Waals surface area contributed by atoms with Crippen molar-refractivity contribution in [2.75, 3.05) is 5.32 Å².